The van der Waals surface area contributed by atoms with Gasteiger partial charge in [-0.2, -0.15) is 0 Å². The van der Waals surface area contributed by atoms with Gasteiger partial charge in [-0.3, -0.25) is 0 Å². The van der Waals surface area contributed by atoms with Crippen LogP contribution in [-0.2, 0) is 0 Å². The van der Waals surface area contributed by atoms with Gasteiger partial charge in [-0.1, -0.05) is 139 Å². The van der Waals surface area contributed by atoms with E-state index < -0.39 is 0 Å². The molecule has 0 saturated heterocycles. The van der Waals surface area contributed by atoms with Crippen LogP contribution in [0.15, 0.2) is 164 Å². The third kappa shape index (κ3) is 3.33. The Balaban J connectivity index is 0.960. The minimum absolute atomic E-state index is 0.145. The van der Waals surface area contributed by atoms with Crippen molar-refractivity contribution < 1.29 is 0 Å². The summed E-state index contributed by atoms with van der Waals surface area (Å²) in [5.41, 5.74) is 23.0. The molecule has 9 heteroatoms. The highest BCUT2D eigenvalue weighted by atomic mass is 15.3. The van der Waals surface area contributed by atoms with Gasteiger partial charge < -0.3 is 18.9 Å². The van der Waals surface area contributed by atoms with Crippen molar-refractivity contribution in [2.45, 2.75) is 35.8 Å². The molecule has 0 bridgehead atoms. The average Bonchev–Trinajstić information content (AvgIpc) is 4.03. The maximum atomic E-state index is 5.29. The Morgan fingerprint density at radius 1 is 0.348 bits per heavy atom. The SMILES string of the molecule is c1ccc(-c2nc(-c3ccccc3)nc(-c3ccc4c(c3)B3c5ccccc5N5c6cccc7c8ccc9c%10c8n(c67)C6C5C3C3[C@@H]5[C@H]6B%10c6c-9ccc7c8cccc(c8n5c67)N43)n2)cc1. The molecule has 1 saturated carbocycles. The third-order valence-corrected chi connectivity index (χ3v) is 17.8. The summed E-state index contributed by atoms with van der Waals surface area (Å²) in [6.07, 6.45) is 0. The molecule has 0 amide bonds. The molecule has 6 atom stereocenters. The quantitative estimate of drug-likeness (QED) is 0.166. The van der Waals surface area contributed by atoms with E-state index in [1.807, 2.05) is 12.1 Å². The van der Waals surface area contributed by atoms with E-state index in [-0.39, 0.29) is 36.7 Å². The van der Waals surface area contributed by atoms with Crippen LogP contribution >= 0.6 is 0 Å². The molecule has 4 unspecified atom stereocenters. The zero-order valence-electron chi connectivity index (χ0n) is 35.3. The molecule has 0 N–H and O–H groups in total. The van der Waals surface area contributed by atoms with Crippen LogP contribution in [0.25, 0.3) is 88.9 Å². The molecule has 7 nitrogen and oxygen atoms in total. The maximum absolute atomic E-state index is 5.29. The molecule has 10 heterocycles. The lowest BCUT2D eigenvalue weighted by molar-refractivity contribution is 0.203. The second-order valence-electron chi connectivity index (χ2n) is 20.1. The summed E-state index contributed by atoms with van der Waals surface area (Å²) in [6, 6.07) is 62.6. The van der Waals surface area contributed by atoms with Gasteiger partial charge in [0.25, 0.3) is 0 Å². The molecule has 3 aromatic heterocycles. The molecular formula is C57H33B2N7. The van der Waals surface area contributed by atoms with Crippen LogP contribution in [0.1, 0.15) is 12.1 Å². The summed E-state index contributed by atoms with van der Waals surface area (Å²) in [5.74, 6) is 2.72. The number of aromatic nitrogens is 5. The smallest absolute Gasteiger partial charge is 0.223 e. The van der Waals surface area contributed by atoms with Gasteiger partial charge in [-0.15, -0.1) is 0 Å². The van der Waals surface area contributed by atoms with E-state index in [0.29, 0.717) is 30.0 Å². The average molecular weight is 838 g/mol. The maximum Gasteiger partial charge on any atom is 0.223 e. The van der Waals surface area contributed by atoms with E-state index in [4.69, 9.17) is 15.0 Å². The van der Waals surface area contributed by atoms with Crippen molar-refractivity contribution in [2.75, 3.05) is 9.80 Å². The molecule has 8 aliphatic rings. The van der Waals surface area contributed by atoms with Crippen LogP contribution in [0, 0.1) is 0 Å². The van der Waals surface area contributed by atoms with Crippen LogP contribution in [0.3, 0.4) is 0 Å². The van der Waals surface area contributed by atoms with Crippen LogP contribution < -0.4 is 31.7 Å². The molecule has 66 heavy (non-hydrogen) atoms. The lowest BCUT2D eigenvalue weighted by Crippen LogP contribution is -2.76. The topological polar surface area (TPSA) is 55.0 Å². The summed E-state index contributed by atoms with van der Waals surface area (Å²) < 4.78 is 5.85. The molecule has 11 aromatic rings. The van der Waals surface area contributed by atoms with Crippen molar-refractivity contribution in [3.63, 3.8) is 0 Å². The Morgan fingerprint density at radius 3 is 1.42 bits per heavy atom. The number of nitrogens with zero attached hydrogens (tertiary/aromatic N) is 7. The highest BCUT2D eigenvalue weighted by Crippen LogP contribution is 2.69. The van der Waals surface area contributed by atoms with E-state index >= 15 is 0 Å². The number of anilines is 4. The van der Waals surface area contributed by atoms with Crippen LogP contribution in [0.4, 0.5) is 22.7 Å². The first-order valence-corrected chi connectivity index (χ1v) is 23.7. The highest BCUT2D eigenvalue weighted by molar-refractivity contribution is 6.95. The Bertz CT molecular complexity index is 4100. The summed E-state index contributed by atoms with van der Waals surface area (Å²) in [6.45, 7) is 0.492. The minimum atomic E-state index is 0.145. The van der Waals surface area contributed by atoms with Gasteiger partial charge in [-0.25, -0.2) is 15.0 Å². The second kappa shape index (κ2) is 10.6. The van der Waals surface area contributed by atoms with Crippen molar-refractivity contribution >= 4 is 102 Å². The van der Waals surface area contributed by atoms with Crippen molar-refractivity contribution in [1.82, 2.24) is 24.1 Å². The largest absolute Gasteiger partial charge is 0.335 e. The molecule has 1 fully saturated rings. The van der Waals surface area contributed by atoms with Gasteiger partial charge in [0.2, 0.25) is 13.4 Å². The monoisotopic (exact) mass is 837 g/mol. The van der Waals surface area contributed by atoms with Crippen molar-refractivity contribution in [1.29, 1.82) is 0 Å². The summed E-state index contributed by atoms with van der Waals surface area (Å²) >= 11 is 0. The predicted molar refractivity (Wildman–Crippen MR) is 268 cm³/mol. The summed E-state index contributed by atoms with van der Waals surface area (Å²) in [5, 5.41) is 5.60. The Morgan fingerprint density at radius 2 is 0.833 bits per heavy atom. The predicted octanol–water partition coefficient (Wildman–Crippen LogP) is 9.52. The van der Waals surface area contributed by atoms with Crippen molar-refractivity contribution in [2.24, 2.45) is 0 Å². The fraction of sp³-hybridized carbons (Fsp3) is 0.105. The molecule has 7 aliphatic heterocycles. The third-order valence-electron chi connectivity index (χ3n) is 17.8. The second-order valence-corrected chi connectivity index (χ2v) is 20.1. The highest BCUT2D eigenvalue weighted by Gasteiger charge is 2.70. The fourth-order valence-electron chi connectivity index (χ4n) is 16.0. The van der Waals surface area contributed by atoms with Crippen LogP contribution in [-0.4, -0.2) is 49.6 Å². The first-order chi connectivity index (χ1) is 32.8. The standard InChI is InChI=1S/C57H33B2N7/c1-3-11-28(12-4-1)55-60-56(29-13-5-2-6-14-29)62-57(61-55)30-21-26-40-38(27-30)58-37-17-7-8-18-39(37)63-41-19-9-15-33-35-24-22-31-32-23-25-36-34-16-10-20-42-48(34)66-50(36)44(32)59-43(31)49(35)65(47(33)41)53-46(59)54(66)52(64(40)42)45(58)51(53)63/h1-27,45-46,51-54H/t45?,46-,51?,52?,53?,54-/m0/s1. The minimum Gasteiger partial charge on any atom is -0.335 e. The fourth-order valence-corrected chi connectivity index (χ4v) is 16.0. The van der Waals surface area contributed by atoms with Crippen molar-refractivity contribution in [3.05, 3.63) is 164 Å². The van der Waals surface area contributed by atoms with E-state index in [2.05, 4.69) is 171 Å². The lowest BCUT2D eigenvalue weighted by Gasteiger charge is -2.68. The number of benzene rings is 8. The Labute approximate surface area is 378 Å². The van der Waals surface area contributed by atoms with Gasteiger partial charge in [0.05, 0.1) is 46.6 Å². The summed E-state index contributed by atoms with van der Waals surface area (Å²) in [7, 11) is 0. The zero-order chi connectivity index (χ0) is 42.0. The van der Waals surface area contributed by atoms with Gasteiger partial charge in [0, 0.05) is 60.6 Å². The Hall–Kier alpha value is -7.90. The molecule has 0 spiro atoms. The molecule has 302 valence electrons. The normalized spacial score (nSPS) is 22.7. The van der Waals surface area contributed by atoms with Crippen LogP contribution in [0.5, 0.6) is 0 Å². The number of rotatable bonds is 3. The van der Waals surface area contributed by atoms with E-state index in [1.165, 1.54) is 88.4 Å². The van der Waals surface area contributed by atoms with Crippen molar-refractivity contribution in [3.8, 4) is 45.3 Å². The van der Waals surface area contributed by atoms with Gasteiger partial charge >= 0.3 is 0 Å². The first-order valence-electron chi connectivity index (χ1n) is 23.7. The van der Waals surface area contributed by atoms with E-state index in [0.717, 1.165) is 16.7 Å². The molecule has 1 aliphatic carbocycles. The van der Waals surface area contributed by atoms with E-state index in [1.54, 1.807) is 10.9 Å². The van der Waals surface area contributed by atoms with E-state index in [9.17, 15) is 0 Å². The lowest BCUT2D eigenvalue weighted by atomic mass is 9.21. The molecule has 19 rings (SSSR count). The Kier molecular flexibility index (Phi) is 5.26. The first kappa shape index (κ1) is 32.7. The molecular weight excluding hydrogens is 804 g/mol. The van der Waals surface area contributed by atoms with Gasteiger partial charge in [0.1, 0.15) is 0 Å². The van der Waals surface area contributed by atoms with Gasteiger partial charge in [-0.05, 0) is 69.5 Å². The number of hydrogen-bond acceptors (Lipinski definition) is 5. The van der Waals surface area contributed by atoms with Gasteiger partial charge in [0.15, 0.2) is 17.5 Å². The molecule has 0 radical (unpaired) electrons. The summed E-state index contributed by atoms with van der Waals surface area (Å²) in [4.78, 5) is 21.4. The number of fused-ring (bicyclic) bond motifs is 11. The number of hydrogen-bond donors (Lipinski definition) is 0. The van der Waals surface area contributed by atoms with Crippen LogP contribution in [0.2, 0.25) is 11.6 Å². The number of para-hydroxylation sites is 3. The molecule has 8 aromatic carbocycles. The zero-order valence-corrected chi connectivity index (χ0v) is 35.3.